The Kier molecular flexibility index (Phi) is 4.36. The maximum absolute atomic E-state index is 12.5. The van der Waals surface area contributed by atoms with Gasteiger partial charge in [0.1, 0.15) is 0 Å². The van der Waals surface area contributed by atoms with Gasteiger partial charge in [0.15, 0.2) is 0 Å². The quantitative estimate of drug-likeness (QED) is 0.824. The minimum atomic E-state index is -0.171. The number of likely N-dealkylation sites (tertiary alicyclic amines) is 1. The number of rotatable bonds is 4. The van der Waals surface area contributed by atoms with Crippen LogP contribution < -0.4 is 5.43 Å². The Balaban J connectivity index is 1.40. The van der Waals surface area contributed by atoms with Crippen LogP contribution in [0.5, 0.6) is 0 Å². The summed E-state index contributed by atoms with van der Waals surface area (Å²) >= 11 is 0. The third-order valence-corrected chi connectivity index (χ3v) is 7.57. The molecule has 4 rings (SSSR count). The third-order valence-electron chi connectivity index (χ3n) is 7.57. The molecular formula is C22H29N3O2. The molecule has 1 saturated heterocycles. The zero-order chi connectivity index (χ0) is 19.2. The predicted octanol–water partition coefficient (Wildman–Crippen LogP) is 3.74. The van der Waals surface area contributed by atoms with Gasteiger partial charge in [0, 0.05) is 36.2 Å². The molecule has 1 aromatic rings. The Hall–Kier alpha value is -2.17. The van der Waals surface area contributed by atoms with Crippen molar-refractivity contribution in [1.29, 1.82) is 0 Å². The summed E-state index contributed by atoms with van der Waals surface area (Å²) in [5.41, 5.74) is 5.91. The second-order valence-electron chi connectivity index (χ2n) is 9.11. The van der Waals surface area contributed by atoms with E-state index in [-0.39, 0.29) is 22.6 Å². The highest BCUT2D eigenvalue weighted by Crippen LogP contribution is 2.63. The van der Waals surface area contributed by atoms with Crippen LogP contribution in [0.4, 0.5) is 0 Å². The van der Waals surface area contributed by atoms with Crippen molar-refractivity contribution < 1.29 is 9.59 Å². The highest BCUT2D eigenvalue weighted by Gasteiger charge is 2.60. The Labute approximate surface area is 161 Å². The summed E-state index contributed by atoms with van der Waals surface area (Å²) in [5.74, 6) is 0.719. The van der Waals surface area contributed by atoms with Crippen molar-refractivity contribution in [3.05, 3.63) is 35.4 Å². The van der Waals surface area contributed by atoms with E-state index in [4.69, 9.17) is 0 Å². The fourth-order valence-corrected chi connectivity index (χ4v) is 5.13. The Morgan fingerprint density at radius 1 is 1.26 bits per heavy atom. The van der Waals surface area contributed by atoms with E-state index in [1.165, 1.54) is 6.42 Å². The molecule has 2 aliphatic carbocycles. The summed E-state index contributed by atoms with van der Waals surface area (Å²) < 4.78 is 0. The first kappa shape index (κ1) is 18.2. The normalized spacial score (nSPS) is 30.3. The molecule has 27 heavy (non-hydrogen) atoms. The minimum Gasteiger partial charge on any atom is -0.338 e. The summed E-state index contributed by atoms with van der Waals surface area (Å²) in [6.45, 7) is 8.41. The van der Waals surface area contributed by atoms with Crippen molar-refractivity contribution in [2.75, 3.05) is 6.54 Å². The van der Waals surface area contributed by atoms with Gasteiger partial charge in [0.25, 0.3) is 5.91 Å². The van der Waals surface area contributed by atoms with E-state index in [0.717, 1.165) is 37.1 Å². The van der Waals surface area contributed by atoms with Gasteiger partial charge in [-0.1, -0.05) is 32.9 Å². The van der Waals surface area contributed by atoms with Crippen LogP contribution in [0.15, 0.2) is 29.4 Å². The van der Waals surface area contributed by atoms with Crippen molar-refractivity contribution in [3.8, 4) is 0 Å². The second kappa shape index (κ2) is 6.47. The van der Waals surface area contributed by atoms with E-state index in [2.05, 4.69) is 31.3 Å². The van der Waals surface area contributed by atoms with Gasteiger partial charge in [-0.2, -0.15) is 5.10 Å². The highest BCUT2D eigenvalue weighted by atomic mass is 16.2. The SMILES string of the molecule is CC1(C)[C@H]2CC[C@@]1(C)/C(=N/NC(=O)c1ccc(CN3CCCC3=O)cc1)C2. The van der Waals surface area contributed by atoms with Crippen molar-refractivity contribution in [1.82, 2.24) is 10.3 Å². The van der Waals surface area contributed by atoms with Gasteiger partial charge in [0.2, 0.25) is 5.91 Å². The number of hydrogen-bond acceptors (Lipinski definition) is 3. The molecule has 3 fully saturated rings. The van der Waals surface area contributed by atoms with Gasteiger partial charge < -0.3 is 4.90 Å². The molecule has 0 radical (unpaired) electrons. The molecule has 1 N–H and O–H groups in total. The van der Waals surface area contributed by atoms with E-state index < -0.39 is 0 Å². The van der Waals surface area contributed by atoms with Crippen LogP contribution >= 0.6 is 0 Å². The molecule has 3 aliphatic rings. The van der Waals surface area contributed by atoms with Crippen LogP contribution in [-0.4, -0.2) is 29.0 Å². The Bertz CT molecular complexity index is 796. The monoisotopic (exact) mass is 367 g/mol. The standard InChI is InChI=1S/C22H29N3O2/c1-21(2)17-10-11-22(21,3)18(13-17)23-24-20(27)16-8-6-15(7-9-16)14-25-12-4-5-19(25)26/h6-9,17H,4-5,10-14H2,1-3H3,(H,24,27)/b23-18+/t17-,22-/m0/s1. The van der Waals surface area contributed by atoms with Gasteiger partial charge in [0.05, 0.1) is 0 Å². The summed E-state index contributed by atoms with van der Waals surface area (Å²) in [4.78, 5) is 26.1. The fraction of sp³-hybridized carbons (Fsp3) is 0.591. The molecule has 0 aromatic heterocycles. The number of benzene rings is 1. The van der Waals surface area contributed by atoms with Gasteiger partial charge in [-0.05, 0) is 54.7 Å². The molecule has 5 heteroatoms. The summed E-state index contributed by atoms with van der Waals surface area (Å²) in [6, 6.07) is 7.49. The maximum Gasteiger partial charge on any atom is 0.271 e. The molecule has 1 aromatic carbocycles. The van der Waals surface area contributed by atoms with E-state index in [1.807, 2.05) is 29.2 Å². The largest absolute Gasteiger partial charge is 0.338 e. The number of hydrazone groups is 1. The Morgan fingerprint density at radius 2 is 2.00 bits per heavy atom. The van der Waals surface area contributed by atoms with Gasteiger partial charge in [-0.3, -0.25) is 9.59 Å². The van der Waals surface area contributed by atoms with Gasteiger partial charge in [-0.15, -0.1) is 0 Å². The number of fused-ring (bicyclic) bond motifs is 2. The summed E-state index contributed by atoms with van der Waals surface area (Å²) in [6.07, 6.45) is 5.00. The zero-order valence-electron chi connectivity index (χ0n) is 16.5. The molecule has 144 valence electrons. The molecule has 2 amide bonds. The number of amides is 2. The van der Waals surface area contributed by atoms with Crippen LogP contribution in [0, 0.1) is 16.7 Å². The van der Waals surface area contributed by atoms with E-state index in [0.29, 0.717) is 24.4 Å². The molecule has 0 unspecified atom stereocenters. The predicted molar refractivity (Wildman–Crippen MR) is 105 cm³/mol. The fourth-order valence-electron chi connectivity index (χ4n) is 5.13. The average Bonchev–Trinajstić information content (AvgIpc) is 3.20. The third kappa shape index (κ3) is 2.97. The highest BCUT2D eigenvalue weighted by molar-refractivity contribution is 5.98. The number of nitrogens with one attached hydrogen (secondary N) is 1. The van der Waals surface area contributed by atoms with E-state index in [1.54, 1.807) is 0 Å². The number of carbonyl (C=O) groups is 2. The topological polar surface area (TPSA) is 61.8 Å². The molecule has 1 heterocycles. The lowest BCUT2D eigenvalue weighted by atomic mass is 9.70. The van der Waals surface area contributed by atoms with Crippen molar-refractivity contribution in [3.63, 3.8) is 0 Å². The van der Waals surface area contributed by atoms with Crippen LogP contribution in [0.3, 0.4) is 0 Å². The smallest absolute Gasteiger partial charge is 0.271 e. The van der Waals surface area contributed by atoms with Crippen LogP contribution in [0.1, 0.15) is 68.8 Å². The maximum atomic E-state index is 12.5. The minimum absolute atomic E-state index is 0.0943. The van der Waals surface area contributed by atoms with Crippen molar-refractivity contribution in [2.24, 2.45) is 21.8 Å². The zero-order valence-corrected chi connectivity index (χ0v) is 16.5. The summed E-state index contributed by atoms with van der Waals surface area (Å²) in [5, 5.41) is 4.53. The molecule has 2 saturated carbocycles. The first-order chi connectivity index (χ1) is 12.8. The van der Waals surface area contributed by atoms with Gasteiger partial charge in [-0.25, -0.2) is 5.43 Å². The van der Waals surface area contributed by atoms with Crippen molar-refractivity contribution >= 4 is 17.5 Å². The first-order valence-electron chi connectivity index (χ1n) is 10.1. The summed E-state index contributed by atoms with van der Waals surface area (Å²) in [7, 11) is 0. The lowest BCUT2D eigenvalue weighted by Gasteiger charge is -2.34. The second-order valence-corrected chi connectivity index (χ2v) is 9.11. The number of nitrogens with zero attached hydrogens (tertiary/aromatic N) is 2. The first-order valence-corrected chi connectivity index (χ1v) is 10.1. The molecule has 1 aliphatic heterocycles. The average molecular weight is 367 g/mol. The molecule has 0 spiro atoms. The number of hydrogen-bond donors (Lipinski definition) is 1. The Morgan fingerprint density at radius 3 is 2.56 bits per heavy atom. The van der Waals surface area contributed by atoms with E-state index in [9.17, 15) is 9.59 Å². The molecule has 2 bridgehead atoms. The van der Waals surface area contributed by atoms with Crippen LogP contribution in [-0.2, 0) is 11.3 Å². The van der Waals surface area contributed by atoms with Crippen LogP contribution in [0.25, 0.3) is 0 Å². The van der Waals surface area contributed by atoms with E-state index >= 15 is 0 Å². The molecular weight excluding hydrogens is 338 g/mol. The number of carbonyl (C=O) groups excluding carboxylic acids is 2. The lowest BCUT2D eigenvalue weighted by molar-refractivity contribution is -0.128. The molecule has 2 atom stereocenters. The lowest BCUT2D eigenvalue weighted by Crippen LogP contribution is -2.34. The molecule has 5 nitrogen and oxygen atoms in total. The van der Waals surface area contributed by atoms with Crippen LogP contribution in [0.2, 0.25) is 0 Å². The van der Waals surface area contributed by atoms with Gasteiger partial charge >= 0.3 is 0 Å². The van der Waals surface area contributed by atoms with Crippen molar-refractivity contribution in [2.45, 2.75) is 59.4 Å².